The molecule has 0 atom stereocenters. The Morgan fingerprint density at radius 1 is 0.459 bits per heavy atom. The van der Waals surface area contributed by atoms with E-state index in [-0.39, 0.29) is 152 Å². The number of benzene rings is 7. The van der Waals surface area contributed by atoms with E-state index in [1.807, 2.05) is 201 Å². The van der Waals surface area contributed by atoms with E-state index in [1.165, 1.54) is 46.5 Å². The molecule has 0 aliphatic rings. The molecule has 16 rings (SSSR count). The van der Waals surface area contributed by atoms with Crippen molar-refractivity contribution in [3.05, 3.63) is 320 Å². The molecule has 0 aliphatic carbocycles. The van der Waals surface area contributed by atoms with Crippen molar-refractivity contribution in [2.24, 2.45) is 35.2 Å². The molecule has 9 aromatic heterocycles. The number of non-ortho nitro benzene ring substituents is 1. The van der Waals surface area contributed by atoms with Crippen LogP contribution in [0.4, 0.5) is 10.1 Å². The Morgan fingerprint density at radius 2 is 0.946 bits per heavy atom. The monoisotopic (exact) mass is 2730 g/mol. The predicted molar refractivity (Wildman–Crippen MR) is 393 cm³/mol. The minimum absolute atomic E-state index is 0. The van der Waals surface area contributed by atoms with Gasteiger partial charge in [0.1, 0.15) is 0 Å². The smallest absolute Gasteiger partial charge is 0.319 e. The van der Waals surface area contributed by atoms with Crippen LogP contribution in [-0.2, 0) is 176 Å². The number of ether oxygens (including phenoxy) is 2. The fraction of sp³-hybridized carbons (Fsp3) is 0.125. The van der Waals surface area contributed by atoms with Gasteiger partial charge in [0.05, 0.1) is 73.1 Å². The van der Waals surface area contributed by atoms with E-state index in [9.17, 15) is 14.5 Å². The minimum atomic E-state index is -0.430. The van der Waals surface area contributed by atoms with E-state index in [0.717, 1.165) is 79.6 Å². The van der Waals surface area contributed by atoms with Crippen molar-refractivity contribution in [1.29, 1.82) is 0 Å². The number of hydrogen-bond acceptors (Lipinski definition) is 15. The van der Waals surface area contributed by atoms with Crippen molar-refractivity contribution in [2.75, 3.05) is 14.2 Å². The van der Waals surface area contributed by atoms with Crippen LogP contribution in [0.1, 0.15) is 16.8 Å². The molecule has 0 fully saturated rings. The predicted octanol–water partition coefficient (Wildman–Crippen LogP) is 14.9. The van der Waals surface area contributed by atoms with Crippen molar-refractivity contribution in [1.82, 2.24) is 82.0 Å². The number of nitrogens with zero attached hydrogens (tertiary/aromatic N) is 18. The fourth-order valence-electron chi connectivity index (χ4n) is 10.1. The van der Waals surface area contributed by atoms with Gasteiger partial charge in [0, 0.05) is 272 Å². The van der Waals surface area contributed by atoms with Crippen molar-refractivity contribution in [3.8, 4) is 103 Å². The summed E-state index contributed by atoms with van der Waals surface area (Å²) in [6.45, 7) is 6.21. The van der Waals surface area contributed by atoms with Crippen molar-refractivity contribution in [3.63, 3.8) is 0 Å². The van der Waals surface area contributed by atoms with E-state index in [0.29, 0.717) is 29.0 Å². The maximum atomic E-state index is 12.9. The molecular weight excluding hydrogens is 2660 g/mol. The van der Waals surface area contributed by atoms with Crippen LogP contribution in [0.25, 0.3) is 91.4 Å². The molecule has 0 unspecified atom stereocenters. The zero-order valence-electron chi connectivity index (χ0n) is 60.9. The van der Waals surface area contributed by atoms with E-state index in [1.54, 1.807) is 85.9 Å². The van der Waals surface area contributed by atoms with Crippen LogP contribution >= 0.6 is 0 Å². The normalized spacial score (nSPS) is 9.68. The number of imidazole rings is 7. The van der Waals surface area contributed by atoms with Crippen molar-refractivity contribution < 1.29 is 164 Å². The van der Waals surface area contributed by atoms with E-state index >= 15 is 0 Å². The van der Waals surface area contributed by atoms with Gasteiger partial charge >= 0.3 is 6.01 Å². The SMILES string of the molecule is COc1c[c-]c(-c2nccn2C)c(OC)c1.Cc1c[c-]c(-c2nccn2C)c(C)c1.Cc1cnc(-c2[c-]cccc2)n1C.Cn1c(F)cnc1-c1[c-]cccc1.Cn1ccnc1-c1[c-]ccc([N+](=O)[O-])c1.[Ir].[Ir].[Ir].[Ir].[Ir].[Ir].[Ir].[c-]1ccccc1-c1nccn1-c1cccnc1.[c-]1ccccc1-c1nccn1-c1nnco1. The minimum Gasteiger partial charge on any atom is -0.540 e. The number of halogens is 1. The second-order valence-corrected chi connectivity index (χ2v) is 22.5. The maximum Gasteiger partial charge on any atom is 0.319 e. The Balaban J connectivity index is 0.000000333. The average molecular weight is 2730 g/mol. The maximum absolute atomic E-state index is 12.9. The van der Waals surface area contributed by atoms with Crippen LogP contribution in [0.2, 0.25) is 0 Å². The summed E-state index contributed by atoms with van der Waals surface area (Å²) in [4.78, 5) is 43.8. The van der Waals surface area contributed by atoms with Gasteiger partial charge in [0.2, 0.25) is 12.3 Å². The molecule has 587 valence electrons. The first-order valence-corrected chi connectivity index (χ1v) is 32.1. The number of nitro groups is 1. The Hall–Kier alpha value is -9.22. The second kappa shape index (κ2) is 48.5. The second-order valence-electron chi connectivity index (χ2n) is 22.5. The van der Waals surface area contributed by atoms with Gasteiger partial charge in [-0.3, -0.25) is 54.6 Å². The number of hydrogen-bond donors (Lipinski definition) is 0. The van der Waals surface area contributed by atoms with Crippen LogP contribution < -0.4 is 9.47 Å². The van der Waals surface area contributed by atoms with Crippen LogP contribution in [0, 0.1) is 79.3 Å². The van der Waals surface area contributed by atoms with Crippen LogP contribution in [-0.4, -0.2) is 101 Å². The van der Waals surface area contributed by atoms with E-state index in [4.69, 9.17) is 13.9 Å². The van der Waals surface area contributed by atoms with Gasteiger partial charge in [-0.25, -0.2) is 0 Å². The summed E-state index contributed by atoms with van der Waals surface area (Å²) >= 11 is 0. The third-order valence-corrected chi connectivity index (χ3v) is 15.5. The van der Waals surface area contributed by atoms with Gasteiger partial charge in [-0.1, -0.05) is 42.7 Å². The van der Waals surface area contributed by atoms with Gasteiger partial charge in [-0.05, 0) is 19.1 Å². The number of aromatic nitrogens is 17. The van der Waals surface area contributed by atoms with E-state index in [2.05, 4.69) is 117 Å². The van der Waals surface area contributed by atoms with Crippen molar-refractivity contribution in [2.45, 2.75) is 20.8 Å². The third-order valence-electron chi connectivity index (χ3n) is 15.5. The molecule has 0 saturated heterocycles. The number of aryl methyl sites for hydroxylation is 6. The topological polar surface area (TPSA) is 238 Å². The molecule has 0 N–H and O–H groups in total. The van der Waals surface area contributed by atoms with Crippen molar-refractivity contribution >= 4 is 5.69 Å². The molecule has 111 heavy (non-hydrogen) atoms. The van der Waals surface area contributed by atoms with Gasteiger partial charge in [0.25, 0.3) is 0 Å². The third kappa shape index (κ3) is 26.2. The summed E-state index contributed by atoms with van der Waals surface area (Å²) in [5, 5.41) is 18.0. The van der Waals surface area contributed by atoms with Gasteiger partial charge in [0.15, 0.2) is 5.69 Å². The summed E-state index contributed by atoms with van der Waals surface area (Å²) in [6.07, 6.45) is 25.9. The van der Waals surface area contributed by atoms with Crippen LogP contribution in [0.15, 0.2) is 249 Å². The van der Waals surface area contributed by atoms with Gasteiger partial charge < -0.3 is 41.3 Å². The number of methoxy groups -OCH3 is 2. The zero-order valence-corrected chi connectivity index (χ0v) is 77.7. The standard InChI is InChI=1S/C14H10N3.C12H13N2O2.C12H13N2.C11H7N4O.C11H11N2.C10H8FN2.C10H8N3O2.7Ir/c1-2-5-12(6-3-1)14-16-9-10-17(14)13-7-4-8-15-11-13;1-14-7-6-13-12(14)10-5-4-9(15-2)8-11(10)16-3;1-9-4-5-11(10(2)8-9)12-13-6-7-14(12)3;1-2-4-9(5-3-1)10-12-6-7-15(10)11-14-13-8-16-11;1-9-8-12-11(13(9)2)10-6-4-3-5-7-10;1-13-9(11)7-12-10(13)8-5-3-2-4-6-8;1-12-6-5-11-10(12)8-3-2-4-9(7-8)13(14)15;;;;;;;/h1-5,7-11H;4,6-8H,1-3H3;4,6-8H,1-3H3;1-4,6-8H;3-6,8H,1-2H3;2-5,7H,1H3;2,4-7H,1H3;;;;;;;/q7*-1;;;;;;;. The molecule has 0 spiro atoms. The molecule has 0 amide bonds. The fourth-order valence-corrected chi connectivity index (χ4v) is 10.1. The molecule has 7 aromatic carbocycles. The molecular formula is C80H70FIr7N18O5-7. The molecule has 0 bridgehead atoms. The Morgan fingerprint density at radius 3 is 1.39 bits per heavy atom. The van der Waals surface area contributed by atoms with Gasteiger partial charge in [-0.2, -0.15) is 4.39 Å². The van der Waals surface area contributed by atoms with Crippen LogP contribution in [0.5, 0.6) is 11.5 Å². The summed E-state index contributed by atoms with van der Waals surface area (Å²) < 4.78 is 41.3. The molecule has 9 heterocycles. The zero-order chi connectivity index (χ0) is 73.3. The molecule has 16 aromatic rings. The number of pyridine rings is 1. The first-order chi connectivity index (χ1) is 50.6. The first kappa shape index (κ1) is 96.0. The Labute approximate surface area is 737 Å². The van der Waals surface area contributed by atoms with Crippen LogP contribution in [0.3, 0.4) is 0 Å². The Bertz CT molecular complexity index is 5180. The molecule has 23 nitrogen and oxygen atoms in total. The summed E-state index contributed by atoms with van der Waals surface area (Å²) in [6, 6.07) is 68.8. The molecule has 31 heteroatoms. The summed E-state index contributed by atoms with van der Waals surface area (Å²) in [5.74, 6) is 6.70. The summed E-state index contributed by atoms with van der Waals surface area (Å²) in [5.41, 5.74) is 10.9. The molecule has 7 radical (unpaired) electrons. The quantitative estimate of drug-likeness (QED) is 0.0628. The average Bonchev–Trinajstić information content (AvgIpc) is 1.73. The number of nitro benzene ring substituents is 1. The first-order valence-electron chi connectivity index (χ1n) is 32.1. The Kier molecular flexibility index (Phi) is 42.0. The van der Waals surface area contributed by atoms with E-state index < -0.39 is 4.92 Å². The van der Waals surface area contributed by atoms with Gasteiger partial charge in [-0.15, -0.1) is 213 Å². The number of rotatable bonds is 12. The molecule has 0 saturated carbocycles. The summed E-state index contributed by atoms with van der Waals surface area (Å²) in [7, 11) is 12.6. The molecule has 0 aliphatic heterocycles. The largest absolute Gasteiger partial charge is 0.540 e.